The number of para-hydroxylation sites is 2. The molecule has 0 radical (unpaired) electrons. The highest BCUT2D eigenvalue weighted by atomic mass is 16.4. The van der Waals surface area contributed by atoms with E-state index in [0.29, 0.717) is 24.0 Å². The molecule has 2 aliphatic rings. The summed E-state index contributed by atoms with van der Waals surface area (Å²) >= 11 is 0. The van der Waals surface area contributed by atoms with Crippen LogP contribution in [0, 0.1) is 6.92 Å². The fourth-order valence-corrected chi connectivity index (χ4v) is 3.85. The fourth-order valence-electron chi connectivity index (χ4n) is 3.85. The van der Waals surface area contributed by atoms with Crippen LogP contribution in [0.25, 0.3) is 11.1 Å². The van der Waals surface area contributed by atoms with Gasteiger partial charge in [-0.25, -0.2) is 4.99 Å². The van der Waals surface area contributed by atoms with Crippen molar-refractivity contribution in [1.29, 1.82) is 0 Å². The molecule has 6 nitrogen and oxygen atoms in total. The van der Waals surface area contributed by atoms with Gasteiger partial charge in [0.15, 0.2) is 11.4 Å². The van der Waals surface area contributed by atoms with Crippen LogP contribution in [0.4, 0.5) is 6.01 Å². The van der Waals surface area contributed by atoms with Crippen molar-refractivity contribution in [2.75, 3.05) is 5.32 Å². The van der Waals surface area contributed by atoms with Crippen molar-refractivity contribution in [2.24, 2.45) is 4.99 Å². The number of benzene rings is 2. The van der Waals surface area contributed by atoms with Crippen molar-refractivity contribution in [1.82, 2.24) is 10.3 Å². The Morgan fingerprint density at radius 3 is 2.89 bits per heavy atom. The standard InChI is InChI=1S/C22H20N4O2/c1-13-6-4-7-14(12-13)20-19-16(9-5-10-17(19)27)23-21(25-20)26-22-24-15-8-2-3-11-18(15)28-22/h2-4,6-8,11-12,20H,5,9-10H2,1H3,(H2,23,24,25,26). The molecule has 28 heavy (non-hydrogen) atoms. The Kier molecular flexibility index (Phi) is 3.97. The number of nitrogens with one attached hydrogen (secondary N) is 2. The normalized spacial score (nSPS) is 19.2. The zero-order valence-electron chi connectivity index (χ0n) is 15.5. The van der Waals surface area contributed by atoms with E-state index in [9.17, 15) is 4.79 Å². The molecule has 6 heteroatoms. The first-order chi connectivity index (χ1) is 13.7. The first kappa shape index (κ1) is 16.7. The molecule has 1 aromatic heterocycles. The highest BCUT2D eigenvalue weighted by Gasteiger charge is 2.33. The van der Waals surface area contributed by atoms with Crippen LogP contribution in [0.2, 0.25) is 0 Å². The predicted octanol–water partition coefficient (Wildman–Crippen LogP) is 4.26. The number of nitrogens with zero attached hydrogens (tertiary/aromatic N) is 2. The number of carbonyl (C=O) groups is 1. The summed E-state index contributed by atoms with van der Waals surface area (Å²) in [7, 11) is 0. The average molecular weight is 372 g/mol. The third kappa shape index (κ3) is 2.97. The summed E-state index contributed by atoms with van der Waals surface area (Å²) < 4.78 is 5.76. The minimum Gasteiger partial charge on any atom is -0.423 e. The Morgan fingerprint density at radius 2 is 2.04 bits per heavy atom. The van der Waals surface area contributed by atoms with Gasteiger partial charge in [-0.05, 0) is 37.5 Å². The van der Waals surface area contributed by atoms with E-state index < -0.39 is 0 Å². The Hall–Kier alpha value is -3.41. The molecular formula is C22H20N4O2. The van der Waals surface area contributed by atoms with E-state index in [2.05, 4.69) is 21.7 Å². The van der Waals surface area contributed by atoms with Crippen LogP contribution < -0.4 is 10.6 Å². The van der Waals surface area contributed by atoms with Gasteiger partial charge in [-0.1, -0.05) is 42.0 Å². The summed E-state index contributed by atoms with van der Waals surface area (Å²) in [5.41, 5.74) is 5.37. The Balaban J connectivity index is 1.53. The smallest absolute Gasteiger partial charge is 0.302 e. The number of oxazole rings is 1. The van der Waals surface area contributed by atoms with Crippen molar-refractivity contribution < 1.29 is 9.21 Å². The third-order valence-corrected chi connectivity index (χ3v) is 5.13. The second-order valence-corrected chi connectivity index (χ2v) is 7.20. The number of carbonyl (C=O) groups excluding carboxylic acids is 1. The highest BCUT2D eigenvalue weighted by molar-refractivity contribution is 6.03. The molecule has 0 bridgehead atoms. The minimum absolute atomic E-state index is 0.171. The molecule has 5 rings (SSSR count). The van der Waals surface area contributed by atoms with Gasteiger partial charge in [0, 0.05) is 17.7 Å². The predicted molar refractivity (Wildman–Crippen MR) is 108 cm³/mol. The summed E-state index contributed by atoms with van der Waals surface area (Å²) in [6, 6.07) is 15.8. The van der Waals surface area contributed by atoms with Crippen LogP contribution in [0.5, 0.6) is 0 Å². The topological polar surface area (TPSA) is 79.5 Å². The molecule has 0 fully saturated rings. The molecular weight excluding hydrogens is 352 g/mol. The highest BCUT2D eigenvalue weighted by Crippen LogP contribution is 2.36. The second kappa shape index (κ2) is 6.64. The number of aryl methyl sites for hydroxylation is 1. The van der Waals surface area contributed by atoms with E-state index in [4.69, 9.17) is 9.41 Å². The number of aromatic nitrogens is 1. The van der Waals surface area contributed by atoms with Crippen LogP contribution in [-0.4, -0.2) is 16.7 Å². The molecule has 2 aromatic carbocycles. The van der Waals surface area contributed by atoms with Gasteiger partial charge in [0.25, 0.3) is 0 Å². The van der Waals surface area contributed by atoms with E-state index in [1.54, 1.807) is 0 Å². The molecule has 2 heterocycles. The van der Waals surface area contributed by atoms with Crippen LogP contribution in [-0.2, 0) is 4.79 Å². The van der Waals surface area contributed by atoms with Gasteiger partial charge in [-0.2, -0.15) is 4.98 Å². The largest absolute Gasteiger partial charge is 0.423 e. The van der Waals surface area contributed by atoms with Gasteiger partial charge in [-0.15, -0.1) is 0 Å². The number of allylic oxidation sites excluding steroid dienone is 1. The maximum atomic E-state index is 12.7. The molecule has 1 unspecified atom stereocenters. The van der Waals surface area contributed by atoms with E-state index in [1.165, 1.54) is 0 Å². The lowest BCUT2D eigenvalue weighted by Crippen LogP contribution is -2.38. The zero-order valence-corrected chi connectivity index (χ0v) is 15.5. The molecule has 3 aromatic rings. The van der Waals surface area contributed by atoms with Gasteiger partial charge in [0.1, 0.15) is 11.6 Å². The summed E-state index contributed by atoms with van der Waals surface area (Å²) in [6.07, 6.45) is 2.26. The number of rotatable bonds is 2. The first-order valence-electron chi connectivity index (χ1n) is 9.47. The number of fused-ring (bicyclic) bond motifs is 1. The van der Waals surface area contributed by atoms with E-state index >= 15 is 0 Å². The molecule has 1 atom stereocenters. The van der Waals surface area contributed by atoms with Gasteiger partial charge in [0.2, 0.25) is 5.96 Å². The summed E-state index contributed by atoms with van der Waals surface area (Å²) in [5.74, 6) is 0.719. The Labute approximate surface area is 162 Å². The molecule has 140 valence electrons. The molecule has 0 saturated heterocycles. The lowest BCUT2D eigenvalue weighted by Gasteiger charge is -2.30. The number of hydrogen-bond donors (Lipinski definition) is 2. The number of ketones is 1. The van der Waals surface area contributed by atoms with Crippen molar-refractivity contribution in [2.45, 2.75) is 32.2 Å². The van der Waals surface area contributed by atoms with Crippen LogP contribution >= 0.6 is 0 Å². The minimum atomic E-state index is -0.323. The lowest BCUT2D eigenvalue weighted by atomic mass is 9.85. The third-order valence-electron chi connectivity index (χ3n) is 5.13. The van der Waals surface area contributed by atoms with E-state index in [-0.39, 0.29) is 11.8 Å². The van der Waals surface area contributed by atoms with Crippen LogP contribution in [0.15, 0.2) is 69.2 Å². The molecule has 1 aliphatic carbocycles. The number of Topliss-reactive ketones (excluding diaryl/α,β-unsaturated/α-hetero) is 1. The average Bonchev–Trinajstić information content (AvgIpc) is 3.10. The molecule has 0 spiro atoms. The number of anilines is 1. The SMILES string of the molecule is Cc1cccc(C2N=C(Nc3nc4ccccc4o3)NC3=C2C(=O)CCC3)c1. The quantitative estimate of drug-likeness (QED) is 0.703. The monoisotopic (exact) mass is 372 g/mol. The summed E-state index contributed by atoms with van der Waals surface area (Å²) in [5, 5.41) is 6.44. The molecule has 1 aliphatic heterocycles. The Bertz CT molecular complexity index is 1110. The first-order valence-corrected chi connectivity index (χ1v) is 9.47. The maximum Gasteiger partial charge on any atom is 0.302 e. The number of guanidine groups is 1. The van der Waals surface area contributed by atoms with Gasteiger partial charge in [0.05, 0.1) is 0 Å². The lowest BCUT2D eigenvalue weighted by molar-refractivity contribution is -0.116. The number of aliphatic imine (C=N–C) groups is 1. The van der Waals surface area contributed by atoms with Crippen molar-refractivity contribution in [3.63, 3.8) is 0 Å². The Morgan fingerprint density at radius 1 is 1.14 bits per heavy atom. The van der Waals surface area contributed by atoms with Gasteiger partial charge >= 0.3 is 6.01 Å². The zero-order chi connectivity index (χ0) is 19.1. The van der Waals surface area contributed by atoms with Crippen molar-refractivity contribution in [3.8, 4) is 0 Å². The van der Waals surface area contributed by atoms with E-state index in [0.717, 1.165) is 40.8 Å². The molecule has 0 amide bonds. The van der Waals surface area contributed by atoms with Gasteiger partial charge in [-0.3, -0.25) is 10.1 Å². The van der Waals surface area contributed by atoms with Crippen molar-refractivity contribution in [3.05, 3.63) is 70.9 Å². The molecule has 2 N–H and O–H groups in total. The summed E-state index contributed by atoms with van der Waals surface area (Å²) in [6.45, 7) is 2.05. The van der Waals surface area contributed by atoms with E-state index in [1.807, 2.05) is 49.4 Å². The van der Waals surface area contributed by atoms with Crippen LogP contribution in [0.3, 0.4) is 0 Å². The number of hydrogen-bond acceptors (Lipinski definition) is 6. The molecule has 0 saturated carbocycles. The second-order valence-electron chi connectivity index (χ2n) is 7.20. The summed E-state index contributed by atoms with van der Waals surface area (Å²) in [4.78, 5) is 21.9. The van der Waals surface area contributed by atoms with Crippen molar-refractivity contribution >= 4 is 28.9 Å². The van der Waals surface area contributed by atoms with Gasteiger partial charge < -0.3 is 9.73 Å². The van der Waals surface area contributed by atoms with Crippen LogP contribution in [0.1, 0.15) is 36.4 Å². The fraction of sp³-hybridized carbons (Fsp3) is 0.227. The maximum absolute atomic E-state index is 12.7.